The first-order chi connectivity index (χ1) is 11.5. The Bertz CT molecular complexity index is 842. The SMILES string of the molecule is Cc1nc([C@@H](C)N(C)C(=O)Cn2cccc(C(F)(F)F)c2=O)c(C)s1. The van der Waals surface area contributed by atoms with E-state index in [1.165, 1.54) is 22.4 Å². The summed E-state index contributed by atoms with van der Waals surface area (Å²) in [6.07, 6.45) is -3.58. The number of aromatic nitrogens is 2. The molecule has 136 valence electrons. The fourth-order valence-electron chi connectivity index (χ4n) is 2.47. The van der Waals surface area contributed by atoms with Crippen molar-refractivity contribution in [3.63, 3.8) is 0 Å². The molecule has 2 aromatic heterocycles. The fourth-order valence-corrected chi connectivity index (χ4v) is 3.37. The highest BCUT2D eigenvalue weighted by Gasteiger charge is 2.34. The molecule has 0 saturated carbocycles. The summed E-state index contributed by atoms with van der Waals surface area (Å²) < 4.78 is 39.2. The predicted octanol–water partition coefficient (Wildman–Crippen LogP) is 3.16. The lowest BCUT2D eigenvalue weighted by Gasteiger charge is -2.24. The van der Waals surface area contributed by atoms with Crippen LogP contribution in [0.1, 0.15) is 34.1 Å². The summed E-state index contributed by atoms with van der Waals surface area (Å²) in [6, 6.07) is 1.46. The number of rotatable bonds is 4. The maximum absolute atomic E-state index is 12.8. The van der Waals surface area contributed by atoms with Gasteiger partial charge < -0.3 is 9.47 Å². The molecule has 5 nitrogen and oxygen atoms in total. The molecule has 0 spiro atoms. The van der Waals surface area contributed by atoms with Crippen LogP contribution < -0.4 is 5.56 Å². The Hall–Kier alpha value is -2.16. The van der Waals surface area contributed by atoms with E-state index in [4.69, 9.17) is 0 Å². The van der Waals surface area contributed by atoms with Crippen LogP contribution in [-0.2, 0) is 17.5 Å². The standard InChI is InChI=1S/C16H18F3N3O2S/c1-9(14-10(2)25-11(3)20-14)21(4)13(23)8-22-7-5-6-12(15(22)24)16(17,18)19/h5-7,9H,8H2,1-4H3/t9-/m1/s1. The molecule has 2 heterocycles. The molecule has 25 heavy (non-hydrogen) atoms. The Labute approximate surface area is 146 Å². The van der Waals surface area contributed by atoms with Gasteiger partial charge >= 0.3 is 6.18 Å². The number of hydrogen-bond acceptors (Lipinski definition) is 4. The van der Waals surface area contributed by atoms with Crippen molar-refractivity contribution in [1.82, 2.24) is 14.5 Å². The summed E-state index contributed by atoms with van der Waals surface area (Å²) in [6.45, 7) is 5.07. The summed E-state index contributed by atoms with van der Waals surface area (Å²) in [5.74, 6) is -0.473. The van der Waals surface area contributed by atoms with Crippen molar-refractivity contribution in [3.05, 3.63) is 49.8 Å². The molecule has 0 aliphatic rings. The highest BCUT2D eigenvalue weighted by molar-refractivity contribution is 7.11. The largest absolute Gasteiger partial charge is 0.421 e. The number of carbonyl (C=O) groups is 1. The summed E-state index contributed by atoms with van der Waals surface area (Å²) >= 11 is 1.51. The molecule has 0 radical (unpaired) electrons. The smallest absolute Gasteiger partial charge is 0.336 e. The zero-order valence-electron chi connectivity index (χ0n) is 14.2. The summed E-state index contributed by atoms with van der Waals surface area (Å²) in [5, 5.41) is 0.870. The van der Waals surface area contributed by atoms with Gasteiger partial charge in [0.15, 0.2) is 0 Å². The third-order valence-electron chi connectivity index (χ3n) is 3.94. The molecule has 0 N–H and O–H groups in total. The van der Waals surface area contributed by atoms with E-state index in [0.29, 0.717) is 6.07 Å². The number of aryl methyl sites for hydroxylation is 2. The monoisotopic (exact) mass is 373 g/mol. The van der Waals surface area contributed by atoms with Gasteiger partial charge in [-0.25, -0.2) is 4.98 Å². The minimum absolute atomic E-state index is 0.348. The molecule has 0 unspecified atom stereocenters. The van der Waals surface area contributed by atoms with Gasteiger partial charge in [-0.15, -0.1) is 11.3 Å². The lowest BCUT2D eigenvalue weighted by molar-refractivity contribution is -0.139. The van der Waals surface area contributed by atoms with Gasteiger partial charge in [0, 0.05) is 18.1 Å². The zero-order valence-corrected chi connectivity index (χ0v) is 15.0. The molecule has 1 atom stereocenters. The Balaban J connectivity index is 2.22. The number of nitrogens with zero attached hydrogens (tertiary/aromatic N) is 3. The van der Waals surface area contributed by atoms with E-state index in [-0.39, 0.29) is 6.04 Å². The first kappa shape index (κ1) is 19.2. The lowest BCUT2D eigenvalue weighted by Crippen LogP contribution is -2.37. The maximum atomic E-state index is 12.8. The first-order valence-corrected chi connectivity index (χ1v) is 8.30. The van der Waals surface area contributed by atoms with Crippen molar-refractivity contribution in [2.24, 2.45) is 0 Å². The average molecular weight is 373 g/mol. The Morgan fingerprint density at radius 2 is 2.04 bits per heavy atom. The number of thiazole rings is 1. The molecule has 0 aliphatic carbocycles. The Morgan fingerprint density at radius 3 is 2.56 bits per heavy atom. The second-order valence-electron chi connectivity index (χ2n) is 5.71. The minimum Gasteiger partial charge on any atom is -0.336 e. The predicted molar refractivity (Wildman–Crippen MR) is 88.5 cm³/mol. The number of carbonyl (C=O) groups excluding carboxylic acids is 1. The molecule has 0 aliphatic heterocycles. The number of alkyl halides is 3. The van der Waals surface area contributed by atoms with E-state index in [9.17, 15) is 22.8 Å². The lowest BCUT2D eigenvalue weighted by atomic mass is 10.2. The van der Waals surface area contributed by atoms with E-state index < -0.39 is 29.8 Å². The van der Waals surface area contributed by atoms with E-state index in [1.54, 1.807) is 14.0 Å². The van der Waals surface area contributed by atoms with Crippen LogP contribution in [0.2, 0.25) is 0 Å². The van der Waals surface area contributed by atoms with Crippen LogP contribution in [0, 0.1) is 13.8 Å². The summed E-state index contributed by atoms with van der Waals surface area (Å²) in [5.41, 5.74) is -1.77. The van der Waals surface area contributed by atoms with Crippen molar-refractivity contribution < 1.29 is 18.0 Å². The first-order valence-electron chi connectivity index (χ1n) is 7.48. The van der Waals surface area contributed by atoms with Crippen LogP contribution >= 0.6 is 11.3 Å². The van der Waals surface area contributed by atoms with Gasteiger partial charge in [0.05, 0.1) is 16.7 Å². The molecule has 0 aromatic carbocycles. The van der Waals surface area contributed by atoms with Crippen molar-refractivity contribution >= 4 is 17.2 Å². The van der Waals surface area contributed by atoms with Crippen LogP contribution in [0.25, 0.3) is 0 Å². The van der Waals surface area contributed by atoms with Gasteiger partial charge in [-0.3, -0.25) is 9.59 Å². The van der Waals surface area contributed by atoms with Gasteiger partial charge in [-0.05, 0) is 32.9 Å². The molecule has 0 fully saturated rings. The quantitative estimate of drug-likeness (QED) is 0.827. The minimum atomic E-state index is -4.75. The summed E-state index contributed by atoms with van der Waals surface area (Å²) in [7, 11) is 1.54. The zero-order chi connectivity index (χ0) is 18.9. The number of hydrogen-bond donors (Lipinski definition) is 0. The van der Waals surface area contributed by atoms with Crippen molar-refractivity contribution in [2.45, 2.75) is 39.5 Å². The van der Waals surface area contributed by atoms with E-state index in [1.807, 2.05) is 13.8 Å². The molecular formula is C16H18F3N3O2S. The highest BCUT2D eigenvalue weighted by atomic mass is 32.1. The van der Waals surface area contributed by atoms with Crippen LogP contribution in [0.5, 0.6) is 0 Å². The Kier molecular flexibility index (Phi) is 5.36. The van der Waals surface area contributed by atoms with E-state index in [0.717, 1.165) is 26.2 Å². The van der Waals surface area contributed by atoms with Crippen molar-refractivity contribution in [1.29, 1.82) is 0 Å². The van der Waals surface area contributed by atoms with E-state index >= 15 is 0 Å². The highest BCUT2D eigenvalue weighted by Crippen LogP contribution is 2.27. The van der Waals surface area contributed by atoms with Gasteiger partial charge in [-0.1, -0.05) is 0 Å². The molecule has 0 saturated heterocycles. The van der Waals surface area contributed by atoms with Crippen LogP contribution in [-0.4, -0.2) is 27.4 Å². The second-order valence-corrected chi connectivity index (χ2v) is 7.11. The van der Waals surface area contributed by atoms with Crippen LogP contribution in [0.3, 0.4) is 0 Å². The van der Waals surface area contributed by atoms with Gasteiger partial charge in [-0.2, -0.15) is 13.2 Å². The molecule has 2 rings (SSSR count). The number of likely N-dealkylation sites (N-methyl/N-ethyl adjacent to an activating group) is 1. The van der Waals surface area contributed by atoms with Crippen LogP contribution in [0.4, 0.5) is 13.2 Å². The summed E-state index contributed by atoms with van der Waals surface area (Å²) in [4.78, 5) is 31.1. The van der Waals surface area contributed by atoms with Crippen molar-refractivity contribution in [3.8, 4) is 0 Å². The number of pyridine rings is 1. The number of halogens is 3. The fraction of sp³-hybridized carbons (Fsp3) is 0.438. The molecule has 2 aromatic rings. The third-order valence-corrected chi connectivity index (χ3v) is 4.84. The maximum Gasteiger partial charge on any atom is 0.421 e. The van der Waals surface area contributed by atoms with Gasteiger partial charge in [0.1, 0.15) is 12.1 Å². The number of amides is 1. The van der Waals surface area contributed by atoms with Gasteiger partial charge in [0.25, 0.3) is 5.56 Å². The molecule has 1 amide bonds. The van der Waals surface area contributed by atoms with Crippen LogP contribution in [0.15, 0.2) is 23.1 Å². The topological polar surface area (TPSA) is 55.2 Å². The van der Waals surface area contributed by atoms with Crippen molar-refractivity contribution in [2.75, 3.05) is 7.05 Å². The molecule has 0 bridgehead atoms. The molecular weight excluding hydrogens is 355 g/mol. The Morgan fingerprint density at radius 1 is 1.40 bits per heavy atom. The average Bonchev–Trinajstić information content (AvgIpc) is 2.85. The van der Waals surface area contributed by atoms with E-state index in [2.05, 4.69) is 4.98 Å². The van der Waals surface area contributed by atoms with Gasteiger partial charge in [0.2, 0.25) is 5.91 Å². The second kappa shape index (κ2) is 6.99. The molecule has 9 heteroatoms. The third kappa shape index (κ3) is 4.09. The normalized spacial score (nSPS) is 12.9.